The lowest BCUT2D eigenvalue weighted by Crippen LogP contribution is -2.35. The molecule has 5 heteroatoms. The molecule has 0 aliphatic heterocycles. The van der Waals surface area contributed by atoms with E-state index in [0.29, 0.717) is 12.1 Å². The van der Waals surface area contributed by atoms with E-state index in [1.807, 2.05) is 11.7 Å². The fraction of sp³-hybridized carbons (Fsp3) is 0.800. The van der Waals surface area contributed by atoms with E-state index in [1.165, 1.54) is 24.2 Å². The highest BCUT2D eigenvalue weighted by Gasteiger charge is 2.24. The molecule has 0 aromatic carbocycles. The first-order chi connectivity index (χ1) is 9.54. The van der Waals surface area contributed by atoms with E-state index in [0.717, 1.165) is 25.2 Å². The fourth-order valence-electron chi connectivity index (χ4n) is 2.64. The number of hydrogen-bond acceptors (Lipinski definition) is 4. The van der Waals surface area contributed by atoms with Crippen LogP contribution in [0.5, 0.6) is 0 Å². The molecular formula is C15H28N4O. The number of aliphatic hydroxyl groups is 1. The molecule has 20 heavy (non-hydrogen) atoms. The van der Waals surface area contributed by atoms with Gasteiger partial charge in [0.2, 0.25) is 0 Å². The number of hydrogen-bond donors (Lipinski definition) is 2. The molecular weight excluding hydrogens is 252 g/mol. The minimum absolute atomic E-state index is 0.232. The first-order valence-corrected chi connectivity index (χ1v) is 7.68. The molecule has 0 atom stereocenters. The van der Waals surface area contributed by atoms with E-state index in [2.05, 4.69) is 36.1 Å². The van der Waals surface area contributed by atoms with Crippen LogP contribution in [0.3, 0.4) is 0 Å². The van der Waals surface area contributed by atoms with Gasteiger partial charge in [-0.25, -0.2) is 0 Å². The summed E-state index contributed by atoms with van der Waals surface area (Å²) in [5.74, 6) is 1.19. The summed E-state index contributed by atoms with van der Waals surface area (Å²) in [6.07, 6.45) is 3.39. The van der Waals surface area contributed by atoms with Gasteiger partial charge in [0.1, 0.15) is 5.82 Å². The number of aliphatic hydroxyl groups excluding tert-OH is 1. The van der Waals surface area contributed by atoms with Crippen LogP contribution in [-0.4, -0.2) is 40.1 Å². The van der Waals surface area contributed by atoms with E-state index in [-0.39, 0.29) is 6.61 Å². The van der Waals surface area contributed by atoms with Crippen molar-refractivity contribution in [2.24, 2.45) is 7.05 Å². The minimum Gasteiger partial charge on any atom is -0.396 e. The van der Waals surface area contributed by atoms with Crippen LogP contribution in [-0.2, 0) is 13.6 Å². The molecule has 0 unspecified atom stereocenters. The van der Waals surface area contributed by atoms with Crippen LogP contribution < -0.4 is 10.2 Å². The van der Waals surface area contributed by atoms with E-state index >= 15 is 0 Å². The second-order valence-electron chi connectivity index (χ2n) is 6.03. The van der Waals surface area contributed by atoms with Gasteiger partial charge in [0.15, 0.2) is 0 Å². The Bertz CT molecular complexity index is 437. The molecule has 1 heterocycles. The summed E-state index contributed by atoms with van der Waals surface area (Å²) < 4.78 is 1.98. The predicted octanol–water partition coefficient (Wildman–Crippen LogP) is 1.58. The highest BCUT2D eigenvalue weighted by molar-refractivity contribution is 5.51. The zero-order chi connectivity index (χ0) is 14.7. The van der Waals surface area contributed by atoms with Crippen molar-refractivity contribution in [2.75, 3.05) is 18.1 Å². The molecule has 2 N–H and O–H groups in total. The molecule has 1 aromatic rings. The third-order valence-corrected chi connectivity index (χ3v) is 3.91. The summed E-state index contributed by atoms with van der Waals surface area (Å²) in [4.78, 5) is 2.35. The zero-order valence-corrected chi connectivity index (χ0v) is 13.2. The summed E-state index contributed by atoms with van der Waals surface area (Å²) in [5.41, 5.74) is 2.40. The number of rotatable bonds is 8. The van der Waals surface area contributed by atoms with E-state index in [9.17, 15) is 0 Å². The smallest absolute Gasteiger partial charge is 0.131 e. The van der Waals surface area contributed by atoms with Gasteiger partial charge in [0.05, 0.1) is 5.69 Å². The van der Waals surface area contributed by atoms with E-state index in [4.69, 9.17) is 5.11 Å². The van der Waals surface area contributed by atoms with Crippen LogP contribution in [0.15, 0.2) is 0 Å². The molecule has 1 aliphatic carbocycles. The Morgan fingerprint density at radius 2 is 2.15 bits per heavy atom. The van der Waals surface area contributed by atoms with Crippen molar-refractivity contribution in [3.63, 3.8) is 0 Å². The Kier molecular flexibility index (Phi) is 5.05. The van der Waals surface area contributed by atoms with Gasteiger partial charge in [-0.3, -0.25) is 4.68 Å². The predicted molar refractivity (Wildman–Crippen MR) is 82.0 cm³/mol. The topological polar surface area (TPSA) is 53.3 Å². The van der Waals surface area contributed by atoms with Gasteiger partial charge in [0, 0.05) is 44.4 Å². The maximum atomic E-state index is 9.11. The quantitative estimate of drug-likeness (QED) is 0.759. The molecule has 1 aliphatic rings. The number of nitrogens with zero attached hydrogens (tertiary/aromatic N) is 3. The first-order valence-electron chi connectivity index (χ1n) is 7.68. The summed E-state index contributed by atoms with van der Waals surface area (Å²) in [7, 11) is 2.01. The van der Waals surface area contributed by atoms with Gasteiger partial charge < -0.3 is 15.3 Å². The average Bonchev–Trinajstić information content (AvgIpc) is 3.16. The molecule has 0 spiro atoms. The Morgan fingerprint density at radius 1 is 1.45 bits per heavy atom. The van der Waals surface area contributed by atoms with Gasteiger partial charge in [-0.15, -0.1) is 0 Å². The maximum absolute atomic E-state index is 9.11. The molecule has 1 fully saturated rings. The molecule has 1 aromatic heterocycles. The zero-order valence-electron chi connectivity index (χ0n) is 13.2. The highest BCUT2D eigenvalue weighted by atomic mass is 16.3. The standard InChI is InChI=1S/C15H28N4O/c1-11(2)19(8-5-9-20)15-14(10-16-13-6-7-13)12(3)17-18(15)4/h11,13,16,20H,5-10H2,1-4H3. The van der Waals surface area contributed by atoms with Crippen molar-refractivity contribution in [1.29, 1.82) is 0 Å². The highest BCUT2D eigenvalue weighted by Crippen LogP contribution is 2.27. The fourth-order valence-corrected chi connectivity index (χ4v) is 2.64. The minimum atomic E-state index is 0.232. The van der Waals surface area contributed by atoms with Crippen molar-refractivity contribution in [2.45, 2.75) is 58.7 Å². The summed E-state index contributed by atoms with van der Waals surface area (Å²) in [6.45, 7) is 8.45. The molecule has 0 bridgehead atoms. The van der Waals surface area contributed by atoms with E-state index < -0.39 is 0 Å². The molecule has 1 saturated carbocycles. The first kappa shape index (κ1) is 15.3. The van der Waals surface area contributed by atoms with Gasteiger partial charge in [-0.1, -0.05) is 0 Å². The van der Waals surface area contributed by atoms with Crippen LogP contribution in [0, 0.1) is 6.92 Å². The second-order valence-corrected chi connectivity index (χ2v) is 6.03. The maximum Gasteiger partial charge on any atom is 0.131 e. The van der Waals surface area contributed by atoms with Gasteiger partial charge in [-0.2, -0.15) is 5.10 Å². The Hall–Kier alpha value is -1.07. The molecule has 2 rings (SSSR count). The molecule has 0 radical (unpaired) electrons. The summed E-state index contributed by atoms with van der Waals surface area (Å²) in [6, 6.07) is 1.10. The van der Waals surface area contributed by atoms with Crippen molar-refractivity contribution in [3.8, 4) is 0 Å². The van der Waals surface area contributed by atoms with Gasteiger partial charge in [-0.05, 0) is 40.0 Å². The van der Waals surface area contributed by atoms with Crippen molar-refractivity contribution in [1.82, 2.24) is 15.1 Å². The summed E-state index contributed by atoms with van der Waals surface area (Å²) in [5, 5.41) is 17.3. The van der Waals surface area contributed by atoms with Gasteiger partial charge >= 0.3 is 0 Å². The number of aryl methyl sites for hydroxylation is 2. The van der Waals surface area contributed by atoms with Crippen molar-refractivity contribution < 1.29 is 5.11 Å². The lowest BCUT2D eigenvalue weighted by molar-refractivity contribution is 0.288. The average molecular weight is 280 g/mol. The van der Waals surface area contributed by atoms with Crippen LogP contribution in [0.2, 0.25) is 0 Å². The number of anilines is 1. The third-order valence-electron chi connectivity index (χ3n) is 3.91. The van der Waals surface area contributed by atoms with Crippen LogP contribution >= 0.6 is 0 Å². The largest absolute Gasteiger partial charge is 0.396 e. The monoisotopic (exact) mass is 280 g/mol. The molecule has 0 saturated heterocycles. The number of nitrogens with one attached hydrogen (secondary N) is 1. The Morgan fingerprint density at radius 3 is 2.70 bits per heavy atom. The van der Waals surface area contributed by atoms with Crippen LogP contribution in [0.25, 0.3) is 0 Å². The Balaban J connectivity index is 2.21. The Labute approximate surface area is 122 Å². The molecule has 114 valence electrons. The van der Waals surface area contributed by atoms with Gasteiger partial charge in [0.25, 0.3) is 0 Å². The molecule has 0 amide bonds. The normalized spacial score (nSPS) is 15.1. The van der Waals surface area contributed by atoms with Crippen LogP contribution in [0.4, 0.5) is 5.82 Å². The number of aromatic nitrogens is 2. The summed E-state index contributed by atoms with van der Waals surface area (Å²) >= 11 is 0. The lowest BCUT2D eigenvalue weighted by atomic mass is 10.2. The van der Waals surface area contributed by atoms with E-state index in [1.54, 1.807) is 0 Å². The van der Waals surface area contributed by atoms with Crippen molar-refractivity contribution >= 4 is 5.82 Å². The van der Waals surface area contributed by atoms with Crippen LogP contribution in [0.1, 0.15) is 44.4 Å². The third kappa shape index (κ3) is 3.52. The second kappa shape index (κ2) is 6.59. The lowest BCUT2D eigenvalue weighted by Gasteiger charge is -2.30. The molecule has 5 nitrogen and oxygen atoms in total. The SMILES string of the molecule is Cc1nn(C)c(N(CCCO)C(C)C)c1CNC1CC1. The van der Waals surface area contributed by atoms with Crippen molar-refractivity contribution in [3.05, 3.63) is 11.3 Å².